The van der Waals surface area contributed by atoms with E-state index in [4.69, 9.17) is 0 Å². The van der Waals surface area contributed by atoms with Gasteiger partial charge in [-0.15, -0.1) is 0 Å². The summed E-state index contributed by atoms with van der Waals surface area (Å²) < 4.78 is 0. The number of hydrogen-bond acceptors (Lipinski definition) is 3. The summed E-state index contributed by atoms with van der Waals surface area (Å²) in [4.78, 5) is 4.55. The molecule has 1 atom stereocenters. The van der Waals surface area contributed by atoms with Crippen molar-refractivity contribution in [2.24, 2.45) is 4.99 Å². The van der Waals surface area contributed by atoms with Gasteiger partial charge in [-0.2, -0.15) is 0 Å². The van der Waals surface area contributed by atoms with Crippen molar-refractivity contribution in [3.63, 3.8) is 0 Å². The number of aliphatic hydroxyl groups is 1. The molecular formula is C20H17NO2. The fourth-order valence-electron chi connectivity index (χ4n) is 3.64. The molecule has 3 heteroatoms. The number of aromatic hydroxyl groups is 1. The highest BCUT2D eigenvalue weighted by atomic mass is 16.3. The number of aliphatic imine (C=N–C) groups is 1. The van der Waals surface area contributed by atoms with Crippen molar-refractivity contribution in [1.82, 2.24) is 0 Å². The van der Waals surface area contributed by atoms with Gasteiger partial charge >= 0.3 is 0 Å². The van der Waals surface area contributed by atoms with Gasteiger partial charge in [-0.1, -0.05) is 48.5 Å². The zero-order valence-corrected chi connectivity index (χ0v) is 12.6. The molecule has 1 heterocycles. The third-order valence-corrected chi connectivity index (χ3v) is 4.67. The van der Waals surface area contributed by atoms with Gasteiger partial charge in [0.2, 0.25) is 0 Å². The predicted molar refractivity (Wildman–Crippen MR) is 92.7 cm³/mol. The van der Waals surface area contributed by atoms with Crippen LogP contribution in [0.1, 0.15) is 17.5 Å². The molecular weight excluding hydrogens is 286 g/mol. The second-order valence-corrected chi connectivity index (χ2v) is 5.90. The van der Waals surface area contributed by atoms with Crippen molar-refractivity contribution in [1.29, 1.82) is 0 Å². The molecule has 4 rings (SSSR count). The highest BCUT2D eigenvalue weighted by molar-refractivity contribution is 5.98. The average molecular weight is 303 g/mol. The van der Waals surface area contributed by atoms with Crippen LogP contribution in [0.15, 0.2) is 65.7 Å². The van der Waals surface area contributed by atoms with E-state index < -0.39 is 5.41 Å². The zero-order valence-electron chi connectivity index (χ0n) is 12.6. The van der Waals surface area contributed by atoms with Crippen molar-refractivity contribution in [2.45, 2.75) is 11.8 Å². The van der Waals surface area contributed by atoms with Gasteiger partial charge in [-0.05, 0) is 34.9 Å². The van der Waals surface area contributed by atoms with Crippen LogP contribution in [-0.4, -0.2) is 23.0 Å². The number of nitrogens with zero attached hydrogens (tertiary/aromatic N) is 1. The van der Waals surface area contributed by atoms with Gasteiger partial charge in [-0.25, -0.2) is 0 Å². The Morgan fingerprint density at radius 1 is 0.913 bits per heavy atom. The van der Waals surface area contributed by atoms with E-state index in [9.17, 15) is 10.2 Å². The van der Waals surface area contributed by atoms with Gasteiger partial charge in [0.15, 0.2) is 0 Å². The van der Waals surface area contributed by atoms with E-state index in [1.54, 1.807) is 6.07 Å². The monoisotopic (exact) mass is 303 g/mol. The molecule has 0 bridgehead atoms. The number of phenolic OH excluding ortho intramolecular Hbond substituents is 1. The highest BCUT2D eigenvalue weighted by Crippen LogP contribution is 2.48. The van der Waals surface area contributed by atoms with Gasteiger partial charge < -0.3 is 10.2 Å². The molecule has 3 nitrogen and oxygen atoms in total. The molecule has 0 saturated heterocycles. The molecule has 0 saturated carbocycles. The SMILES string of the molecule is OCCC1(c2c(O)ccc3ccccc23)C=Nc2ccccc21. The highest BCUT2D eigenvalue weighted by Gasteiger charge is 2.40. The van der Waals surface area contributed by atoms with Crippen LogP contribution in [0.2, 0.25) is 0 Å². The van der Waals surface area contributed by atoms with Crippen molar-refractivity contribution in [3.8, 4) is 5.75 Å². The van der Waals surface area contributed by atoms with Gasteiger partial charge in [-0.3, -0.25) is 4.99 Å². The Hall–Kier alpha value is -2.65. The van der Waals surface area contributed by atoms with Crippen LogP contribution in [0.3, 0.4) is 0 Å². The van der Waals surface area contributed by atoms with Crippen molar-refractivity contribution >= 4 is 22.7 Å². The summed E-state index contributed by atoms with van der Waals surface area (Å²) in [5.74, 6) is 0.236. The second-order valence-electron chi connectivity index (χ2n) is 5.90. The third kappa shape index (κ3) is 1.97. The van der Waals surface area contributed by atoms with Crippen LogP contribution >= 0.6 is 0 Å². The molecule has 1 aliphatic heterocycles. The van der Waals surface area contributed by atoms with Crippen molar-refractivity contribution < 1.29 is 10.2 Å². The number of fused-ring (bicyclic) bond motifs is 2. The number of rotatable bonds is 3. The molecule has 0 amide bonds. The lowest BCUT2D eigenvalue weighted by atomic mass is 9.72. The summed E-state index contributed by atoms with van der Waals surface area (Å²) in [7, 11) is 0. The van der Waals surface area contributed by atoms with E-state index in [2.05, 4.69) is 4.99 Å². The number of aliphatic hydroxyl groups excluding tert-OH is 1. The molecule has 1 aliphatic rings. The predicted octanol–water partition coefficient (Wildman–Crippen LogP) is 3.93. The molecule has 0 spiro atoms. The minimum Gasteiger partial charge on any atom is -0.508 e. The second kappa shape index (κ2) is 5.21. The Morgan fingerprint density at radius 3 is 2.57 bits per heavy atom. The Bertz CT molecular complexity index is 916. The van der Waals surface area contributed by atoms with Gasteiger partial charge in [0.05, 0.1) is 11.1 Å². The number of para-hydroxylation sites is 1. The summed E-state index contributed by atoms with van der Waals surface area (Å²) in [6, 6.07) is 19.6. The molecule has 0 aliphatic carbocycles. The van der Waals surface area contributed by atoms with Crippen LogP contribution in [0, 0.1) is 0 Å². The minimum absolute atomic E-state index is 0.0169. The maximum atomic E-state index is 10.6. The van der Waals surface area contributed by atoms with Crippen LogP contribution in [0.5, 0.6) is 5.75 Å². The lowest BCUT2D eigenvalue weighted by Gasteiger charge is -2.30. The summed E-state index contributed by atoms with van der Waals surface area (Å²) in [6.45, 7) is 0.0169. The van der Waals surface area contributed by atoms with Crippen molar-refractivity contribution in [3.05, 3.63) is 71.8 Å². The molecule has 114 valence electrons. The molecule has 23 heavy (non-hydrogen) atoms. The maximum absolute atomic E-state index is 10.6. The largest absolute Gasteiger partial charge is 0.508 e. The van der Waals surface area contributed by atoms with E-state index in [1.807, 2.05) is 60.8 Å². The van der Waals surface area contributed by atoms with Crippen LogP contribution in [-0.2, 0) is 5.41 Å². The normalized spacial score (nSPS) is 19.2. The quantitative estimate of drug-likeness (QED) is 0.770. The Balaban J connectivity index is 2.09. The van der Waals surface area contributed by atoms with E-state index in [0.29, 0.717) is 6.42 Å². The molecule has 0 aromatic heterocycles. The first-order valence-corrected chi connectivity index (χ1v) is 7.73. The number of hydrogen-bond donors (Lipinski definition) is 2. The Kier molecular flexibility index (Phi) is 3.17. The first-order valence-electron chi connectivity index (χ1n) is 7.73. The average Bonchev–Trinajstić information content (AvgIpc) is 2.95. The fraction of sp³-hybridized carbons (Fsp3) is 0.150. The Labute approximate surface area is 134 Å². The number of phenols is 1. The lowest BCUT2D eigenvalue weighted by molar-refractivity contribution is 0.272. The van der Waals surface area contributed by atoms with Crippen LogP contribution in [0.25, 0.3) is 10.8 Å². The van der Waals surface area contributed by atoms with Crippen LogP contribution in [0.4, 0.5) is 5.69 Å². The smallest absolute Gasteiger partial charge is 0.120 e. The molecule has 3 aromatic rings. The van der Waals surface area contributed by atoms with E-state index in [1.165, 1.54) is 0 Å². The Morgan fingerprint density at radius 2 is 1.70 bits per heavy atom. The molecule has 0 radical (unpaired) electrons. The van der Waals surface area contributed by atoms with Gasteiger partial charge in [0.25, 0.3) is 0 Å². The van der Waals surface area contributed by atoms with Gasteiger partial charge in [0, 0.05) is 18.4 Å². The zero-order chi connectivity index (χ0) is 15.9. The van der Waals surface area contributed by atoms with E-state index in [-0.39, 0.29) is 12.4 Å². The summed E-state index contributed by atoms with van der Waals surface area (Å²) in [6.07, 6.45) is 2.35. The third-order valence-electron chi connectivity index (χ3n) is 4.67. The van der Waals surface area contributed by atoms with Crippen LogP contribution < -0.4 is 0 Å². The van der Waals surface area contributed by atoms with E-state index >= 15 is 0 Å². The molecule has 0 fully saturated rings. The maximum Gasteiger partial charge on any atom is 0.120 e. The fourth-order valence-corrected chi connectivity index (χ4v) is 3.64. The van der Waals surface area contributed by atoms with E-state index in [0.717, 1.165) is 27.6 Å². The summed E-state index contributed by atoms with van der Waals surface area (Å²) in [5, 5.41) is 22.4. The molecule has 1 unspecified atom stereocenters. The first kappa shape index (κ1) is 14.0. The number of benzene rings is 3. The van der Waals surface area contributed by atoms with Gasteiger partial charge in [0.1, 0.15) is 5.75 Å². The van der Waals surface area contributed by atoms with Crippen molar-refractivity contribution in [2.75, 3.05) is 6.61 Å². The lowest BCUT2D eigenvalue weighted by Crippen LogP contribution is -2.29. The summed E-state index contributed by atoms with van der Waals surface area (Å²) in [5.41, 5.74) is 2.14. The molecule has 3 aromatic carbocycles. The summed E-state index contributed by atoms with van der Waals surface area (Å²) >= 11 is 0. The minimum atomic E-state index is -0.601. The topological polar surface area (TPSA) is 52.8 Å². The standard InChI is InChI=1S/C20H17NO2/c22-12-11-20(13-21-17-8-4-3-7-16(17)20)19-15-6-2-1-5-14(15)9-10-18(19)23/h1-10,13,22-23H,11-12H2. The molecule has 2 N–H and O–H groups in total. The first-order chi connectivity index (χ1) is 11.3.